The molecule has 2 aromatic heterocycles. The Morgan fingerprint density at radius 1 is 1.06 bits per heavy atom. The second-order valence-corrected chi connectivity index (χ2v) is 12.8. The van der Waals surface area contributed by atoms with Gasteiger partial charge in [0.2, 0.25) is 0 Å². The summed E-state index contributed by atoms with van der Waals surface area (Å²) >= 11 is 1.31. The Kier molecular flexibility index (Phi) is 12.4. The third kappa shape index (κ3) is 8.70. The number of esters is 1. The van der Waals surface area contributed by atoms with Gasteiger partial charge in [-0.05, 0) is 48.7 Å². The molecule has 0 fully saturated rings. The predicted octanol–water partition coefficient (Wildman–Crippen LogP) is 6.34. The second kappa shape index (κ2) is 16.9. The molecule has 4 atom stereocenters. The maximum Gasteiger partial charge on any atom is 0.340 e. The fraction of sp³-hybridized carbons (Fsp3) is 0.324. The number of halogens is 2. The summed E-state index contributed by atoms with van der Waals surface area (Å²) in [6.07, 6.45) is 1.95. The largest absolute Gasteiger partial charge is 0.435 e. The standard InChI is InChI=1S/C37H38F2N6O5S/c1-4-33(46)45(34(47)5-2)18-26-8-12-28(13-9-26)36(48)49-23-50-37(20-44-22-41-21-42-44,30-15-14-29(38)16-31(30)39)24(3)35-43-32(19-51-35)27-10-6-25(17-40)7-11-27/h6-16,19,21-22,24,33-34,46-47H,4-5,18,20,23H2,1-3H3/t24-,33?,34?,37+/m0/s1. The summed E-state index contributed by atoms with van der Waals surface area (Å²) in [5, 5.41) is 36.5. The van der Waals surface area contributed by atoms with Crippen LogP contribution in [0.3, 0.4) is 0 Å². The molecule has 0 spiro atoms. The molecular weight excluding hydrogens is 679 g/mol. The topological polar surface area (TPSA) is 147 Å². The maximum atomic E-state index is 15.8. The van der Waals surface area contributed by atoms with Gasteiger partial charge in [0.05, 0.1) is 34.4 Å². The molecular formula is C37H38F2N6O5S. The smallest absolute Gasteiger partial charge is 0.340 e. The van der Waals surface area contributed by atoms with Gasteiger partial charge in [0, 0.05) is 35.0 Å². The average molecular weight is 717 g/mol. The number of thiazole rings is 1. The highest BCUT2D eigenvalue weighted by Crippen LogP contribution is 2.44. The van der Waals surface area contributed by atoms with Crippen LogP contribution in [0.25, 0.3) is 11.3 Å². The van der Waals surface area contributed by atoms with Crippen LogP contribution in [0.5, 0.6) is 0 Å². The highest BCUT2D eigenvalue weighted by molar-refractivity contribution is 7.10. The van der Waals surface area contributed by atoms with E-state index in [2.05, 4.69) is 16.2 Å². The average Bonchev–Trinajstić information content (AvgIpc) is 3.86. The van der Waals surface area contributed by atoms with Crippen LogP contribution in [0.2, 0.25) is 0 Å². The minimum atomic E-state index is -1.63. The van der Waals surface area contributed by atoms with E-state index in [1.807, 2.05) is 19.2 Å². The van der Waals surface area contributed by atoms with Crippen molar-refractivity contribution in [2.24, 2.45) is 0 Å². The zero-order valence-corrected chi connectivity index (χ0v) is 29.1. The van der Waals surface area contributed by atoms with Crippen molar-refractivity contribution >= 4 is 17.3 Å². The normalized spacial score (nSPS) is 14.4. The third-order valence-electron chi connectivity index (χ3n) is 8.71. The third-order valence-corrected chi connectivity index (χ3v) is 9.74. The number of benzene rings is 3. The lowest BCUT2D eigenvalue weighted by Gasteiger charge is -2.38. The maximum absolute atomic E-state index is 15.8. The minimum absolute atomic E-state index is 0.00415. The van der Waals surface area contributed by atoms with E-state index in [9.17, 15) is 24.7 Å². The quantitative estimate of drug-likeness (QED) is 0.0876. The number of aromatic nitrogens is 4. The molecule has 2 unspecified atom stereocenters. The number of nitriles is 1. The number of carbonyl (C=O) groups excluding carboxylic acids is 1. The number of aliphatic hydroxyl groups excluding tert-OH is 2. The summed E-state index contributed by atoms with van der Waals surface area (Å²) < 4.78 is 43.4. The molecule has 0 radical (unpaired) electrons. The Labute approximate surface area is 298 Å². The van der Waals surface area contributed by atoms with Gasteiger partial charge in [-0.2, -0.15) is 10.4 Å². The van der Waals surface area contributed by atoms with Gasteiger partial charge < -0.3 is 19.7 Å². The number of nitrogens with zero attached hydrogens (tertiary/aromatic N) is 6. The SMILES string of the molecule is CCC(O)N(Cc1ccc(C(=O)OCO[C@@](Cn2cncn2)(c2ccc(F)cc2F)[C@@H](C)c2nc(-c3ccc(C#N)cc3)cs2)cc1)C(O)CC. The molecule has 2 heterocycles. The van der Waals surface area contributed by atoms with Crippen LogP contribution in [0.1, 0.15) is 71.6 Å². The van der Waals surface area contributed by atoms with Crippen molar-refractivity contribution in [2.45, 2.75) is 70.7 Å². The molecule has 0 saturated carbocycles. The number of rotatable bonds is 16. The number of hydrogen-bond acceptors (Lipinski definition) is 11. The predicted molar refractivity (Wildman–Crippen MR) is 185 cm³/mol. The lowest BCUT2D eigenvalue weighted by molar-refractivity contribution is -0.148. The van der Waals surface area contributed by atoms with E-state index in [1.165, 1.54) is 34.7 Å². The van der Waals surface area contributed by atoms with Crippen LogP contribution in [0, 0.1) is 23.0 Å². The summed E-state index contributed by atoms with van der Waals surface area (Å²) in [6.45, 7) is 4.98. The van der Waals surface area contributed by atoms with Crippen LogP contribution in [-0.2, 0) is 28.2 Å². The van der Waals surface area contributed by atoms with Crippen molar-refractivity contribution in [2.75, 3.05) is 6.79 Å². The van der Waals surface area contributed by atoms with Gasteiger partial charge in [-0.3, -0.25) is 0 Å². The van der Waals surface area contributed by atoms with Crippen LogP contribution >= 0.6 is 11.3 Å². The van der Waals surface area contributed by atoms with Crippen LogP contribution in [0.4, 0.5) is 8.78 Å². The van der Waals surface area contributed by atoms with Gasteiger partial charge in [-0.1, -0.05) is 51.1 Å². The van der Waals surface area contributed by atoms with Crippen molar-refractivity contribution in [1.82, 2.24) is 24.6 Å². The molecule has 0 bridgehead atoms. The van der Waals surface area contributed by atoms with Crippen molar-refractivity contribution in [3.8, 4) is 17.3 Å². The Morgan fingerprint density at radius 3 is 2.37 bits per heavy atom. The zero-order chi connectivity index (χ0) is 36.5. The van der Waals surface area contributed by atoms with Gasteiger partial charge in [-0.15, -0.1) is 11.3 Å². The summed E-state index contributed by atoms with van der Waals surface area (Å²) in [5.41, 5.74) is 1.26. The molecule has 5 rings (SSSR count). The van der Waals surface area contributed by atoms with Crippen molar-refractivity contribution < 1.29 is 33.3 Å². The molecule has 11 nitrogen and oxygen atoms in total. The van der Waals surface area contributed by atoms with E-state index >= 15 is 4.39 Å². The van der Waals surface area contributed by atoms with E-state index in [0.717, 1.165) is 23.3 Å². The molecule has 0 aliphatic rings. The lowest BCUT2D eigenvalue weighted by atomic mass is 9.81. The molecule has 0 saturated heterocycles. The number of hydrogen-bond donors (Lipinski definition) is 2. The van der Waals surface area contributed by atoms with Gasteiger partial charge in [0.1, 0.15) is 42.3 Å². The minimum Gasteiger partial charge on any atom is -0.435 e. The first kappa shape index (κ1) is 37.3. The van der Waals surface area contributed by atoms with Gasteiger partial charge in [0.25, 0.3) is 0 Å². The Balaban J connectivity index is 1.42. The van der Waals surface area contributed by atoms with Crippen molar-refractivity contribution in [3.05, 3.63) is 124 Å². The van der Waals surface area contributed by atoms with E-state index < -0.39 is 48.4 Å². The van der Waals surface area contributed by atoms with Crippen LogP contribution in [0.15, 0.2) is 84.8 Å². The van der Waals surface area contributed by atoms with E-state index in [-0.39, 0.29) is 24.2 Å². The summed E-state index contributed by atoms with van der Waals surface area (Å²) in [6, 6.07) is 18.8. The highest BCUT2D eigenvalue weighted by atomic mass is 32.1. The van der Waals surface area contributed by atoms with E-state index in [0.29, 0.717) is 29.1 Å². The summed E-state index contributed by atoms with van der Waals surface area (Å²) in [4.78, 5) is 23.6. The molecule has 0 aliphatic carbocycles. The van der Waals surface area contributed by atoms with Gasteiger partial charge in [0.15, 0.2) is 6.79 Å². The zero-order valence-electron chi connectivity index (χ0n) is 28.3. The van der Waals surface area contributed by atoms with Crippen LogP contribution in [-0.4, -0.2) is 60.1 Å². The lowest BCUT2D eigenvalue weighted by Crippen LogP contribution is -2.42. The molecule has 14 heteroatoms. The van der Waals surface area contributed by atoms with Crippen molar-refractivity contribution in [3.63, 3.8) is 0 Å². The van der Waals surface area contributed by atoms with E-state index in [4.69, 9.17) is 14.5 Å². The monoisotopic (exact) mass is 716 g/mol. The molecule has 0 amide bonds. The first-order valence-electron chi connectivity index (χ1n) is 16.3. The summed E-state index contributed by atoms with van der Waals surface area (Å²) in [7, 11) is 0. The first-order chi connectivity index (χ1) is 24.6. The first-order valence-corrected chi connectivity index (χ1v) is 17.2. The Bertz CT molecular complexity index is 1920. The van der Waals surface area contributed by atoms with Crippen molar-refractivity contribution in [1.29, 1.82) is 5.26 Å². The molecule has 51 heavy (non-hydrogen) atoms. The molecule has 266 valence electrons. The molecule has 2 N–H and O–H groups in total. The molecule has 0 aliphatic heterocycles. The number of ether oxygens (including phenoxy) is 2. The highest BCUT2D eigenvalue weighted by Gasteiger charge is 2.45. The van der Waals surface area contributed by atoms with Crippen LogP contribution < -0.4 is 0 Å². The van der Waals surface area contributed by atoms with Gasteiger partial charge in [-0.25, -0.2) is 33.1 Å². The molecule has 3 aromatic carbocycles. The Hall–Kier alpha value is -4.91. The second-order valence-electron chi connectivity index (χ2n) is 11.9. The summed E-state index contributed by atoms with van der Waals surface area (Å²) in [5.74, 6) is -3.05. The number of aliphatic hydroxyl groups is 2. The van der Waals surface area contributed by atoms with Gasteiger partial charge >= 0.3 is 5.97 Å². The molecule has 5 aromatic rings. The number of carbonyl (C=O) groups is 1. The fourth-order valence-corrected chi connectivity index (χ4v) is 6.70. The fourth-order valence-electron chi connectivity index (χ4n) is 5.73. The van der Waals surface area contributed by atoms with E-state index in [1.54, 1.807) is 60.4 Å². The Morgan fingerprint density at radius 2 is 1.76 bits per heavy atom.